The third kappa shape index (κ3) is 6.04. The van der Waals surface area contributed by atoms with Crippen molar-refractivity contribution in [3.8, 4) is 5.75 Å². The molecule has 2 amide bonds. The van der Waals surface area contributed by atoms with Gasteiger partial charge in [-0.1, -0.05) is 13.0 Å². The summed E-state index contributed by atoms with van der Waals surface area (Å²) in [6.07, 6.45) is 1.05. The zero-order chi connectivity index (χ0) is 15.8. The highest BCUT2D eigenvalue weighted by molar-refractivity contribution is 5.90. The van der Waals surface area contributed by atoms with Crippen molar-refractivity contribution in [2.24, 2.45) is 0 Å². The van der Waals surface area contributed by atoms with Gasteiger partial charge in [0.15, 0.2) is 0 Å². The number of ether oxygens (including phenoxy) is 1. The Morgan fingerprint density at radius 3 is 2.81 bits per heavy atom. The lowest BCUT2D eigenvalue weighted by molar-refractivity contribution is 0.167. The molecule has 1 atom stereocenters. The van der Waals surface area contributed by atoms with Crippen LogP contribution in [-0.2, 0) is 0 Å². The highest BCUT2D eigenvalue weighted by Crippen LogP contribution is 2.26. The summed E-state index contributed by atoms with van der Waals surface area (Å²) in [5.41, 5.74) is 1.75. The van der Waals surface area contributed by atoms with E-state index in [-0.39, 0.29) is 6.03 Å². The van der Waals surface area contributed by atoms with E-state index in [0.29, 0.717) is 31.0 Å². The van der Waals surface area contributed by atoms with Crippen molar-refractivity contribution in [1.82, 2.24) is 4.90 Å². The maximum Gasteiger partial charge on any atom is 0.321 e. The minimum Gasteiger partial charge on any atom is -0.491 e. The third-order valence-corrected chi connectivity index (χ3v) is 3.07. The molecule has 0 radical (unpaired) electrons. The number of carbonyl (C=O) groups excluding carboxylic acids is 1. The van der Waals surface area contributed by atoms with E-state index in [2.05, 4.69) is 5.32 Å². The van der Waals surface area contributed by atoms with Gasteiger partial charge in [-0.2, -0.15) is 0 Å². The number of rotatable bonds is 7. The summed E-state index contributed by atoms with van der Waals surface area (Å²) < 4.78 is 5.67. The van der Waals surface area contributed by atoms with Gasteiger partial charge in [0.05, 0.1) is 18.4 Å². The van der Waals surface area contributed by atoms with Gasteiger partial charge in [0.1, 0.15) is 5.75 Å². The van der Waals surface area contributed by atoms with E-state index in [1.165, 1.54) is 0 Å². The van der Waals surface area contributed by atoms with Gasteiger partial charge in [0.25, 0.3) is 0 Å². The first-order chi connectivity index (χ1) is 9.93. The lowest BCUT2D eigenvalue weighted by atomic mass is 10.2. The number of nitrogens with zero attached hydrogens (tertiary/aromatic N) is 1. The topological polar surface area (TPSA) is 61.8 Å². The molecule has 0 aliphatic heterocycles. The quantitative estimate of drug-likeness (QED) is 0.812. The number of aryl methyl sites for hydroxylation is 1. The van der Waals surface area contributed by atoms with Crippen molar-refractivity contribution < 1.29 is 14.6 Å². The van der Waals surface area contributed by atoms with Gasteiger partial charge in [-0.05, 0) is 44.4 Å². The van der Waals surface area contributed by atoms with Crippen LogP contribution in [0.3, 0.4) is 0 Å². The highest BCUT2D eigenvalue weighted by atomic mass is 16.5. The number of aliphatic hydroxyl groups excluding tert-OH is 1. The van der Waals surface area contributed by atoms with E-state index in [9.17, 15) is 9.90 Å². The summed E-state index contributed by atoms with van der Waals surface area (Å²) in [5.74, 6) is 0.689. The molecule has 0 bridgehead atoms. The maximum atomic E-state index is 12.1. The molecular formula is C16H26N2O3. The van der Waals surface area contributed by atoms with Crippen molar-refractivity contribution >= 4 is 11.7 Å². The molecule has 0 aromatic heterocycles. The number of urea groups is 1. The van der Waals surface area contributed by atoms with Crippen molar-refractivity contribution in [2.45, 2.75) is 39.7 Å². The van der Waals surface area contributed by atoms with E-state index in [1.54, 1.807) is 18.9 Å². The summed E-state index contributed by atoms with van der Waals surface area (Å²) >= 11 is 0. The molecule has 0 spiro atoms. The van der Waals surface area contributed by atoms with Gasteiger partial charge in [-0.3, -0.25) is 0 Å². The Labute approximate surface area is 126 Å². The van der Waals surface area contributed by atoms with Crippen molar-refractivity contribution in [3.63, 3.8) is 0 Å². The van der Waals surface area contributed by atoms with Crippen molar-refractivity contribution in [3.05, 3.63) is 23.8 Å². The third-order valence-electron chi connectivity index (χ3n) is 3.07. The largest absolute Gasteiger partial charge is 0.491 e. The Hall–Kier alpha value is -1.75. The minimum absolute atomic E-state index is 0.208. The fraction of sp³-hybridized carbons (Fsp3) is 0.562. The Kier molecular flexibility index (Phi) is 7.02. The zero-order valence-corrected chi connectivity index (χ0v) is 13.3. The van der Waals surface area contributed by atoms with E-state index < -0.39 is 6.10 Å². The molecule has 5 heteroatoms. The lowest BCUT2D eigenvalue weighted by Crippen LogP contribution is -2.33. The normalized spacial score (nSPS) is 11.9. The second-order valence-corrected chi connectivity index (χ2v) is 5.34. The van der Waals surface area contributed by atoms with E-state index >= 15 is 0 Å². The Bertz CT molecular complexity index is 461. The van der Waals surface area contributed by atoms with Gasteiger partial charge < -0.3 is 20.1 Å². The number of amides is 2. The van der Waals surface area contributed by atoms with Gasteiger partial charge in [-0.15, -0.1) is 0 Å². The van der Waals surface area contributed by atoms with Crippen LogP contribution in [0.4, 0.5) is 10.5 Å². The zero-order valence-electron chi connectivity index (χ0n) is 13.3. The summed E-state index contributed by atoms with van der Waals surface area (Å²) in [6.45, 7) is 6.85. The average Bonchev–Trinajstić information content (AvgIpc) is 2.44. The number of carbonyl (C=O) groups is 1. The fourth-order valence-corrected chi connectivity index (χ4v) is 1.76. The Morgan fingerprint density at radius 2 is 2.19 bits per heavy atom. The Balaban J connectivity index is 2.70. The van der Waals surface area contributed by atoms with E-state index in [0.717, 1.165) is 12.0 Å². The molecule has 1 aromatic rings. The number of anilines is 1. The van der Waals surface area contributed by atoms with Gasteiger partial charge in [0, 0.05) is 13.6 Å². The smallest absolute Gasteiger partial charge is 0.321 e. The average molecular weight is 294 g/mol. The number of hydrogen-bond acceptors (Lipinski definition) is 3. The highest BCUT2D eigenvalue weighted by Gasteiger charge is 2.12. The molecule has 1 aromatic carbocycles. The van der Waals surface area contributed by atoms with E-state index in [4.69, 9.17) is 4.74 Å². The Morgan fingerprint density at radius 1 is 1.48 bits per heavy atom. The maximum absolute atomic E-state index is 12.1. The van der Waals surface area contributed by atoms with Crippen molar-refractivity contribution in [1.29, 1.82) is 0 Å². The number of nitrogens with one attached hydrogen (secondary N) is 1. The van der Waals surface area contributed by atoms with Gasteiger partial charge >= 0.3 is 6.03 Å². The SMILES string of the molecule is CCCOc1cc(C)ccc1NC(=O)N(C)CCC(C)O. The van der Waals surface area contributed by atoms with Crippen LogP contribution in [0.1, 0.15) is 32.3 Å². The van der Waals surface area contributed by atoms with Crippen LogP contribution >= 0.6 is 0 Å². The fourth-order valence-electron chi connectivity index (χ4n) is 1.76. The number of hydrogen-bond donors (Lipinski definition) is 2. The van der Waals surface area contributed by atoms with Crippen LogP contribution in [0, 0.1) is 6.92 Å². The summed E-state index contributed by atoms with van der Waals surface area (Å²) in [4.78, 5) is 13.7. The molecule has 0 saturated heterocycles. The van der Waals surface area contributed by atoms with Gasteiger partial charge in [-0.25, -0.2) is 4.79 Å². The van der Waals surface area contributed by atoms with E-state index in [1.807, 2.05) is 32.0 Å². The second-order valence-electron chi connectivity index (χ2n) is 5.34. The van der Waals surface area contributed by atoms with Crippen molar-refractivity contribution in [2.75, 3.05) is 25.5 Å². The van der Waals surface area contributed by atoms with Crippen LogP contribution in [0.2, 0.25) is 0 Å². The predicted octanol–water partition coefficient (Wildman–Crippen LogP) is 3.02. The first kappa shape index (κ1) is 17.3. The summed E-state index contributed by atoms with van der Waals surface area (Å²) in [6, 6.07) is 5.49. The van der Waals surface area contributed by atoms with Crippen LogP contribution in [0.15, 0.2) is 18.2 Å². The predicted molar refractivity (Wildman–Crippen MR) is 84.9 cm³/mol. The van der Waals surface area contributed by atoms with Crippen LogP contribution in [0.25, 0.3) is 0 Å². The molecule has 0 saturated carbocycles. The number of benzene rings is 1. The molecule has 2 N–H and O–H groups in total. The molecule has 5 nitrogen and oxygen atoms in total. The molecule has 1 unspecified atom stereocenters. The number of aliphatic hydroxyl groups is 1. The monoisotopic (exact) mass is 294 g/mol. The lowest BCUT2D eigenvalue weighted by Gasteiger charge is -2.20. The van der Waals surface area contributed by atoms with Crippen LogP contribution in [-0.4, -0.2) is 42.3 Å². The molecule has 1 rings (SSSR count). The van der Waals surface area contributed by atoms with Crippen LogP contribution in [0.5, 0.6) is 5.75 Å². The molecule has 0 aliphatic carbocycles. The van der Waals surface area contributed by atoms with Gasteiger partial charge in [0.2, 0.25) is 0 Å². The second kappa shape index (κ2) is 8.52. The molecular weight excluding hydrogens is 268 g/mol. The molecule has 0 heterocycles. The molecule has 118 valence electrons. The molecule has 0 aliphatic rings. The summed E-state index contributed by atoms with van der Waals surface area (Å²) in [5, 5.41) is 12.1. The first-order valence-electron chi connectivity index (χ1n) is 7.37. The first-order valence-corrected chi connectivity index (χ1v) is 7.37. The van der Waals surface area contributed by atoms with Crippen LogP contribution < -0.4 is 10.1 Å². The molecule has 21 heavy (non-hydrogen) atoms. The minimum atomic E-state index is -0.414. The molecule has 0 fully saturated rings. The standard InChI is InChI=1S/C16H26N2O3/c1-5-10-21-15-11-12(2)6-7-14(15)17-16(20)18(4)9-8-13(3)19/h6-7,11,13,19H,5,8-10H2,1-4H3,(H,17,20). The summed E-state index contributed by atoms with van der Waals surface area (Å²) in [7, 11) is 1.71.